The number of nitrogens with zero attached hydrogens (tertiary/aromatic N) is 2. The number of rotatable bonds is 2. The Labute approximate surface area is 121 Å². The highest BCUT2D eigenvalue weighted by Gasteiger charge is 2.36. The van der Waals surface area contributed by atoms with E-state index in [9.17, 15) is 14.3 Å². The first-order valence-electron chi connectivity index (χ1n) is 6.80. The van der Waals surface area contributed by atoms with Crippen LogP contribution in [0.15, 0.2) is 30.5 Å². The van der Waals surface area contributed by atoms with Gasteiger partial charge in [-0.05, 0) is 31.0 Å². The van der Waals surface area contributed by atoms with Crippen LogP contribution in [0.25, 0.3) is 0 Å². The highest BCUT2D eigenvalue weighted by molar-refractivity contribution is 5.92. The quantitative estimate of drug-likeness (QED) is 0.886. The molecule has 0 aliphatic carbocycles. The van der Waals surface area contributed by atoms with E-state index >= 15 is 0 Å². The van der Waals surface area contributed by atoms with E-state index in [4.69, 9.17) is 0 Å². The molecule has 21 heavy (non-hydrogen) atoms. The van der Waals surface area contributed by atoms with Gasteiger partial charge in [0, 0.05) is 6.54 Å². The number of aryl methyl sites for hydroxylation is 1. The number of H-pyrrole nitrogens is 1. The van der Waals surface area contributed by atoms with Crippen molar-refractivity contribution in [1.29, 1.82) is 0 Å². The molecule has 3 rings (SSSR count). The number of halogens is 1. The fourth-order valence-electron chi connectivity index (χ4n) is 2.75. The number of aromatic amines is 1. The lowest BCUT2D eigenvalue weighted by molar-refractivity contribution is 0.0710. The molecule has 0 spiro atoms. The molecule has 1 fully saturated rings. The minimum atomic E-state index is -0.605. The monoisotopic (exact) mass is 289 g/mol. The SMILES string of the molecule is Cc1ncc(C(=O)N2C[C@H](O)C[C@@H]2c2cccc(F)c2)[nH]1. The number of aliphatic hydroxyl groups is 1. The maximum atomic E-state index is 13.4. The van der Waals surface area contributed by atoms with E-state index in [-0.39, 0.29) is 24.3 Å². The standard InChI is InChI=1S/C15H16FN3O2/c1-9-17-7-13(18-9)15(21)19-8-12(20)6-14(19)10-3-2-4-11(16)5-10/h2-5,7,12,14,20H,6,8H2,1H3,(H,17,18)/t12-,14-/m1/s1. The molecule has 1 amide bonds. The molecule has 0 bridgehead atoms. The van der Waals surface area contributed by atoms with Crippen molar-refractivity contribution in [2.75, 3.05) is 6.54 Å². The van der Waals surface area contributed by atoms with Gasteiger partial charge < -0.3 is 15.0 Å². The summed E-state index contributed by atoms with van der Waals surface area (Å²) in [6, 6.07) is 5.81. The molecule has 2 N–H and O–H groups in total. The van der Waals surface area contributed by atoms with Crippen LogP contribution in [-0.2, 0) is 0 Å². The summed E-state index contributed by atoms with van der Waals surface area (Å²) in [7, 11) is 0. The maximum Gasteiger partial charge on any atom is 0.272 e. The maximum absolute atomic E-state index is 13.4. The van der Waals surface area contributed by atoms with Crippen LogP contribution >= 0.6 is 0 Å². The zero-order valence-electron chi connectivity index (χ0n) is 11.6. The minimum Gasteiger partial charge on any atom is -0.391 e. The summed E-state index contributed by atoms with van der Waals surface area (Å²) in [5.74, 6) is 0.0699. The van der Waals surface area contributed by atoms with Gasteiger partial charge >= 0.3 is 0 Å². The number of amides is 1. The van der Waals surface area contributed by atoms with Crippen LogP contribution in [0.1, 0.15) is 34.3 Å². The Bertz CT molecular complexity index is 670. The number of aromatic nitrogens is 2. The van der Waals surface area contributed by atoms with Crippen LogP contribution in [-0.4, -0.2) is 38.5 Å². The Kier molecular flexibility index (Phi) is 3.47. The topological polar surface area (TPSA) is 69.2 Å². The second-order valence-electron chi connectivity index (χ2n) is 5.30. The molecule has 0 radical (unpaired) electrons. The Morgan fingerprint density at radius 1 is 1.52 bits per heavy atom. The van der Waals surface area contributed by atoms with Crippen molar-refractivity contribution >= 4 is 5.91 Å². The van der Waals surface area contributed by atoms with Gasteiger partial charge in [-0.1, -0.05) is 12.1 Å². The van der Waals surface area contributed by atoms with Crippen LogP contribution in [0.3, 0.4) is 0 Å². The molecule has 2 aromatic rings. The average molecular weight is 289 g/mol. The number of β-amino-alcohol motifs (C(OH)–C–C–N with tert-alkyl or cyclic N) is 1. The molecule has 1 aromatic carbocycles. The summed E-state index contributed by atoms with van der Waals surface area (Å²) < 4.78 is 13.4. The van der Waals surface area contributed by atoms with Crippen molar-refractivity contribution in [2.24, 2.45) is 0 Å². The van der Waals surface area contributed by atoms with Crippen LogP contribution in [0.4, 0.5) is 4.39 Å². The van der Waals surface area contributed by atoms with E-state index in [1.54, 1.807) is 24.0 Å². The second-order valence-corrected chi connectivity index (χ2v) is 5.30. The first kappa shape index (κ1) is 13.8. The molecule has 1 saturated heterocycles. The Balaban J connectivity index is 1.91. The zero-order chi connectivity index (χ0) is 15.0. The molecule has 0 unspecified atom stereocenters. The van der Waals surface area contributed by atoms with Gasteiger partial charge in [0.1, 0.15) is 17.3 Å². The van der Waals surface area contributed by atoms with Crippen LogP contribution in [0.2, 0.25) is 0 Å². The van der Waals surface area contributed by atoms with Crippen molar-refractivity contribution < 1.29 is 14.3 Å². The predicted molar refractivity (Wildman–Crippen MR) is 74.1 cm³/mol. The van der Waals surface area contributed by atoms with Gasteiger partial charge in [-0.2, -0.15) is 0 Å². The van der Waals surface area contributed by atoms with Crippen LogP contribution in [0, 0.1) is 12.7 Å². The number of aliphatic hydroxyl groups excluding tert-OH is 1. The number of carbonyl (C=O) groups excluding carboxylic acids is 1. The lowest BCUT2D eigenvalue weighted by Gasteiger charge is -2.24. The molecule has 110 valence electrons. The van der Waals surface area contributed by atoms with E-state index in [1.807, 2.05) is 0 Å². The third-order valence-electron chi connectivity index (χ3n) is 3.71. The number of hydrogen-bond donors (Lipinski definition) is 2. The summed E-state index contributed by atoms with van der Waals surface area (Å²) in [4.78, 5) is 21.0. The van der Waals surface area contributed by atoms with Gasteiger partial charge in [0.2, 0.25) is 0 Å². The molecular weight excluding hydrogens is 273 g/mol. The third kappa shape index (κ3) is 2.67. The van der Waals surface area contributed by atoms with E-state index in [0.717, 1.165) is 0 Å². The highest BCUT2D eigenvalue weighted by atomic mass is 19.1. The summed E-state index contributed by atoms with van der Waals surface area (Å²) >= 11 is 0. The largest absolute Gasteiger partial charge is 0.391 e. The molecule has 6 heteroatoms. The molecule has 1 aliphatic rings. The first-order chi connectivity index (χ1) is 10.0. The second kappa shape index (κ2) is 5.29. The van der Waals surface area contributed by atoms with E-state index in [2.05, 4.69) is 9.97 Å². The smallest absolute Gasteiger partial charge is 0.272 e. The van der Waals surface area contributed by atoms with E-state index < -0.39 is 6.10 Å². The third-order valence-corrected chi connectivity index (χ3v) is 3.71. The minimum absolute atomic E-state index is 0.234. The Hall–Kier alpha value is -2.21. The van der Waals surface area contributed by atoms with Gasteiger partial charge in [0.15, 0.2) is 0 Å². The van der Waals surface area contributed by atoms with Crippen molar-refractivity contribution in [2.45, 2.75) is 25.5 Å². The molecule has 2 heterocycles. The van der Waals surface area contributed by atoms with Crippen molar-refractivity contribution in [3.8, 4) is 0 Å². The lowest BCUT2D eigenvalue weighted by atomic mass is 10.0. The van der Waals surface area contributed by atoms with Crippen molar-refractivity contribution in [3.05, 3.63) is 53.4 Å². The summed E-state index contributed by atoms with van der Waals surface area (Å²) in [5.41, 5.74) is 1.07. The van der Waals surface area contributed by atoms with Gasteiger partial charge in [0.25, 0.3) is 5.91 Å². The van der Waals surface area contributed by atoms with Crippen LogP contribution < -0.4 is 0 Å². The number of nitrogens with one attached hydrogen (secondary N) is 1. The zero-order valence-corrected chi connectivity index (χ0v) is 11.6. The van der Waals surface area contributed by atoms with Gasteiger partial charge in [0.05, 0.1) is 18.3 Å². The Morgan fingerprint density at radius 2 is 2.33 bits per heavy atom. The van der Waals surface area contributed by atoms with E-state index in [1.165, 1.54) is 18.3 Å². The van der Waals surface area contributed by atoms with Crippen molar-refractivity contribution in [3.63, 3.8) is 0 Å². The molecule has 2 atom stereocenters. The summed E-state index contributed by atoms with van der Waals surface area (Å²) in [6.45, 7) is 2.00. The number of carbonyl (C=O) groups is 1. The fraction of sp³-hybridized carbons (Fsp3) is 0.333. The molecule has 1 aliphatic heterocycles. The highest BCUT2D eigenvalue weighted by Crippen LogP contribution is 2.33. The van der Waals surface area contributed by atoms with Crippen molar-refractivity contribution in [1.82, 2.24) is 14.9 Å². The normalized spacial score (nSPS) is 21.8. The predicted octanol–water partition coefficient (Wildman–Crippen LogP) is 1.81. The van der Waals surface area contributed by atoms with Gasteiger partial charge in [-0.25, -0.2) is 9.37 Å². The molecule has 5 nitrogen and oxygen atoms in total. The molecule has 1 aromatic heterocycles. The number of benzene rings is 1. The molecular formula is C15H16FN3O2. The van der Waals surface area contributed by atoms with Crippen LogP contribution in [0.5, 0.6) is 0 Å². The average Bonchev–Trinajstić information content (AvgIpc) is 3.04. The lowest BCUT2D eigenvalue weighted by Crippen LogP contribution is -2.32. The van der Waals surface area contributed by atoms with Gasteiger partial charge in [-0.3, -0.25) is 4.79 Å². The van der Waals surface area contributed by atoms with Gasteiger partial charge in [-0.15, -0.1) is 0 Å². The Morgan fingerprint density at radius 3 is 3.00 bits per heavy atom. The number of likely N-dealkylation sites (tertiary alicyclic amines) is 1. The number of imidazole rings is 1. The summed E-state index contributed by atoms with van der Waals surface area (Å²) in [6.07, 6.45) is 1.28. The first-order valence-corrected chi connectivity index (χ1v) is 6.80. The number of hydrogen-bond acceptors (Lipinski definition) is 3. The fourth-order valence-corrected chi connectivity index (χ4v) is 2.75. The molecule has 0 saturated carbocycles. The van der Waals surface area contributed by atoms with E-state index in [0.29, 0.717) is 23.5 Å². The summed E-state index contributed by atoms with van der Waals surface area (Å²) in [5, 5.41) is 9.89.